The lowest BCUT2D eigenvalue weighted by Crippen LogP contribution is -2.28. The first-order valence-electron chi connectivity index (χ1n) is 3.82. The van der Waals surface area contributed by atoms with Gasteiger partial charge in [0, 0.05) is 0 Å². The summed E-state index contributed by atoms with van der Waals surface area (Å²) in [6.45, 7) is 3.11. The Morgan fingerprint density at radius 2 is 2.27 bits per heavy atom. The van der Waals surface area contributed by atoms with Crippen molar-refractivity contribution in [1.29, 1.82) is 0 Å². The normalized spacial score (nSPS) is 17.4. The minimum atomic E-state index is -2.29. The predicted octanol–water partition coefficient (Wildman–Crippen LogP) is -0.0547. The lowest BCUT2D eigenvalue weighted by molar-refractivity contribution is -0.154. The van der Waals surface area contributed by atoms with E-state index in [-0.39, 0.29) is 12.7 Å². The number of rotatable bonds is 4. The molecule has 0 radical (unpaired) electrons. The Hall–Kier alpha value is -0.610. The Kier molecular flexibility index (Phi) is 3.93. The van der Waals surface area contributed by atoms with Gasteiger partial charge < -0.3 is 14.6 Å². The van der Waals surface area contributed by atoms with Gasteiger partial charge in [0.2, 0.25) is 0 Å². The molecule has 0 rings (SSSR count). The molecule has 0 bridgehead atoms. The van der Waals surface area contributed by atoms with Crippen molar-refractivity contribution < 1.29 is 20.7 Å². The van der Waals surface area contributed by atoms with Crippen molar-refractivity contribution in [1.82, 2.24) is 0 Å². The fourth-order valence-corrected chi connectivity index (χ4v) is 0.422. The van der Waals surface area contributed by atoms with E-state index >= 15 is 0 Å². The molecule has 0 aromatic carbocycles. The van der Waals surface area contributed by atoms with Gasteiger partial charge in [0.05, 0.1) is 21.2 Å². The van der Waals surface area contributed by atoms with Crippen LogP contribution in [0.2, 0.25) is 0 Å². The SMILES string of the molecule is [2H][C@@](O)(COC(C)C)C(=O)OC. The van der Waals surface area contributed by atoms with Gasteiger partial charge >= 0.3 is 5.97 Å². The number of carbonyl (C=O) groups is 1. The third-order valence-electron chi connectivity index (χ3n) is 0.974. The van der Waals surface area contributed by atoms with E-state index in [1.165, 1.54) is 0 Å². The lowest BCUT2D eigenvalue weighted by Gasteiger charge is -2.10. The minimum absolute atomic E-state index is 0.133. The zero-order valence-electron chi connectivity index (χ0n) is 7.96. The zero-order valence-corrected chi connectivity index (χ0v) is 6.96. The molecule has 0 aromatic heterocycles. The summed E-state index contributed by atoms with van der Waals surface area (Å²) in [5, 5.41) is 9.10. The molecule has 0 fully saturated rings. The van der Waals surface area contributed by atoms with Crippen molar-refractivity contribution in [3.05, 3.63) is 0 Å². The molecule has 0 amide bonds. The molecular formula is C7H14O4. The average molecular weight is 163 g/mol. The summed E-state index contributed by atoms with van der Waals surface area (Å²) < 4.78 is 16.2. The van der Waals surface area contributed by atoms with Crippen molar-refractivity contribution in [3.8, 4) is 0 Å². The molecule has 0 aliphatic heterocycles. The molecule has 1 N–H and O–H groups in total. The van der Waals surface area contributed by atoms with E-state index in [2.05, 4.69) is 4.74 Å². The quantitative estimate of drug-likeness (QED) is 0.590. The van der Waals surface area contributed by atoms with Gasteiger partial charge in [-0.3, -0.25) is 0 Å². The van der Waals surface area contributed by atoms with Crippen LogP contribution in [0.3, 0.4) is 0 Å². The minimum Gasteiger partial charge on any atom is -0.467 e. The van der Waals surface area contributed by atoms with E-state index in [1.54, 1.807) is 13.8 Å². The van der Waals surface area contributed by atoms with E-state index in [9.17, 15) is 4.79 Å². The second kappa shape index (κ2) is 5.09. The summed E-state index contributed by atoms with van der Waals surface area (Å²) in [6.07, 6.45) is -2.43. The number of carbonyl (C=O) groups excluding carboxylic acids is 1. The summed E-state index contributed by atoms with van der Waals surface area (Å²) in [4.78, 5) is 10.7. The standard InChI is InChI=1S/C7H14O4/c1-5(2)11-4-6(8)7(9)10-3/h5-6,8H,4H2,1-3H3/t6-/m1/s1/i6D. The first-order chi connectivity index (χ1) is 5.40. The van der Waals surface area contributed by atoms with E-state index in [0.717, 1.165) is 7.11 Å². The number of methoxy groups -OCH3 is 1. The molecule has 0 heterocycles. The van der Waals surface area contributed by atoms with Crippen LogP contribution in [0.15, 0.2) is 0 Å². The Bertz CT molecular complexity index is 155. The monoisotopic (exact) mass is 163 g/mol. The number of hydrogen-bond acceptors (Lipinski definition) is 4. The predicted molar refractivity (Wildman–Crippen MR) is 39.1 cm³/mol. The topological polar surface area (TPSA) is 55.8 Å². The molecule has 0 saturated heterocycles. The highest BCUT2D eigenvalue weighted by molar-refractivity contribution is 5.74. The molecular weight excluding hydrogens is 148 g/mol. The molecule has 0 aliphatic rings. The summed E-state index contributed by atoms with van der Waals surface area (Å²) in [5.41, 5.74) is 0. The molecule has 66 valence electrons. The highest BCUT2D eigenvalue weighted by Crippen LogP contribution is 1.93. The van der Waals surface area contributed by atoms with Crippen LogP contribution in [0.25, 0.3) is 0 Å². The Labute approximate surface area is 67.5 Å². The highest BCUT2D eigenvalue weighted by Gasteiger charge is 2.15. The number of hydrogen-bond donors (Lipinski definition) is 1. The summed E-state index contributed by atoms with van der Waals surface area (Å²) in [7, 11) is 1.11. The second-order valence-corrected chi connectivity index (χ2v) is 2.30. The summed E-state index contributed by atoms with van der Waals surface area (Å²) >= 11 is 0. The molecule has 0 saturated carbocycles. The number of aliphatic hydroxyl groups is 1. The third kappa shape index (κ3) is 4.75. The maximum Gasteiger partial charge on any atom is 0.337 e. The first-order valence-corrected chi connectivity index (χ1v) is 3.32. The van der Waals surface area contributed by atoms with Gasteiger partial charge in [0.1, 0.15) is 0 Å². The number of esters is 1. The highest BCUT2D eigenvalue weighted by atomic mass is 16.5. The summed E-state index contributed by atoms with van der Waals surface area (Å²) in [6, 6.07) is 0. The van der Waals surface area contributed by atoms with Crippen LogP contribution in [0.1, 0.15) is 15.2 Å². The maximum absolute atomic E-state index is 10.7. The zero-order chi connectivity index (χ0) is 9.78. The lowest BCUT2D eigenvalue weighted by atomic mass is 10.4. The van der Waals surface area contributed by atoms with Crippen molar-refractivity contribution in [2.24, 2.45) is 0 Å². The van der Waals surface area contributed by atoms with Gasteiger partial charge in [0.25, 0.3) is 0 Å². The largest absolute Gasteiger partial charge is 0.467 e. The van der Waals surface area contributed by atoms with Crippen molar-refractivity contribution >= 4 is 5.97 Å². The third-order valence-corrected chi connectivity index (χ3v) is 0.974. The van der Waals surface area contributed by atoms with Crippen LogP contribution in [-0.4, -0.2) is 37.0 Å². The molecule has 4 nitrogen and oxygen atoms in total. The Morgan fingerprint density at radius 3 is 2.64 bits per heavy atom. The van der Waals surface area contributed by atoms with Crippen LogP contribution in [0, 0.1) is 0 Å². The maximum atomic E-state index is 10.7. The average Bonchev–Trinajstić information content (AvgIpc) is 1.99. The van der Waals surface area contributed by atoms with Gasteiger partial charge in [-0.15, -0.1) is 0 Å². The van der Waals surface area contributed by atoms with E-state index in [1.807, 2.05) is 0 Å². The molecule has 4 heteroatoms. The fraction of sp³-hybridized carbons (Fsp3) is 0.857. The molecule has 0 spiro atoms. The van der Waals surface area contributed by atoms with Crippen LogP contribution >= 0.6 is 0 Å². The Balaban J connectivity index is 3.95. The van der Waals surface area contributed by atoms with Crippen LogP contribution in [0.5, 0.6) is 0 Å². The van der Waals surface area contributed by atoms with Gasteiger partial charge in [-0.1, -0.05) is 0 Å². The van der Waals surface area contributed by atoms with Crippen LogP contribution in [0.4, 0.5) is 0 Å². The molecule has 0 aromatic rings. The van der Waals surface area contributed by atoms with E-state index < -0.39 is 12.0 Å². The van der Waals surface area contributed by atoms with E-state index in [0.29, 0.717) is 0 Å². The van der Waals surface area contributed by atoms with Gasteiger partial charge in [-0.2, -0.15) is 0 Å². The van der Waals surface area contributed by atoms with Crippen molar-refractivity contribution in [2.45, 2.75) is 26.0 Å². The molecule has 11 heavy (non-hydrogen) atoms. The van der Waals surface area contributed by atoms with E-state index in [4.69, 9.17) is 11.2 Å². The summed E-state index contributed by atoms with van der Waals surface area (Å²) in [5.74, 6) is -1.01. The van der Waals surface area contributed by atoms with Gasteiger partial charge in [-0.25, -0.2) is 4.79 Å². The van der Waals surface area contributed by atoms with Crippen molar-refractivity contribution in [2.75, 3.05) is 13.7 Å². The second-order valence-electron chi connectivity index (χ2n) is 2.30. The molecule has 0 unspecified atom stereocenters. The smallest absolute Gasteiger partial charge is 0.337 e. The van der Waals surface area contributed by atoms with Gasteiger partial charge in [-0.05, 0) is 13.8 Å². The fourth-order valence-electron chi connectivity index (χ4n) is 0.422. The molecule has 1 atom stereocenters. The van der Waals surface area contributed by atoms with Gasteiger partial charge in [0.15, 0.2) is 6.08 Å². The first kappa shape index (κ1) is 8.49. The molecule has 0 aliphatic carbocycles. The Morgan fingerprint density at radius 1 is 1.73 bits per heavy atom. The van der Waals surface area contributed by atoms with Crippen LogP contribution < -0.4 is 0 Å². The van der Waals surface area contributed by atoms with Crippen molar-refractivity contribution in [3.63, 3.8) is 0 Å². The number of ether oxygens (including phenoxy) is 2. The van der Waals surface area contributed by atoms with Crippen LogP contribution in [-0.2, 0) is 14.3 Å².